The average Bonchev–Trinajstić information content (AvgIpc) is 2.45. The first-order valence-electron chi connectivity index (χ1n) is 6.64. The number of methoxy groups -OCH3 is 1. The molecular formula is C16H18Cl2N2O. The fraction of sp³-hybridized carbons (Fsp3) is 0.312. The molecule has 2 rings (SSSR count). The van der Waals surface area contributed by atoms with Crippen LogP contribution in [-0.4, -0.2) is 12.1 Å². The second-order valence-electron chi connectivity index (χ2n) is 5.00. The Bertz CT molecular complexity index is 659. The molecule has 0 aliphatic rings. The molecule has 1 aromatic carbocycles. The lowest BCUT2D eigenvalue weighted by molar-refractivity contribution is 0.406. The third-order valence-corrected chi connectivity index (χ3v) is 4.38. The van der Waals surface area contributed by atoms with Crippen molar-refractivity contribution in [3.05, 3.63) is 56.8 Å². The highest BCUT2D eigenvalue weighted by Gasteiger charge is 2.17. The number of halogens is 2. The van der Waals surface area contributed by atoms with Crippen LogP contribution in [0.5, 0.6) is 5.75 Å². The molecule has 1 unspecified atom stereocenters. The number of rotatable bonds is 4. The van der Waals surface area contributed by atoms with Crippen molar-refractivity contribution in [1.29, 1.82) is 0 Å². The predicted octanol–water partition coefficient (Wildman–Crippen LogP) is 4.26. The van der Waals surface area contributed by atoms with Gasteiger partial charge in [-0.2, -0.15) is 0 Å². The van der Waals surface area contributed by atoms with Crippen LogP contribution in [0.15, 0.2) is 24.4 Å². The molecule has 0 fully saturated rings. The second kappa shape index (κ2) is 6.65. The largest absolute Gasteiger partial charge is 0.496 e. The van der Waals surface area contributed by atoms with Gasteiger partial charge in [0.1, 0.15) is 5.75 Å². The van der Waals surface area contributed by atoms with Crippen molar-refractivity contribution in [3.63, 3.8) is 0 Å². The first kappa shape index (κ1) is 16.1. The van der Waals surface area contributed by atoms with Crippen LogP contribution in [0.4, 0.5) is 0 Å². The van der Waals surface area contributed by atoms with E-state index in [1.807, 2.05) is 26.0 Å². The Morgan fingerprint density at radius 3 is 2.67 bits per heavy atom. The Hall–Kier alpha value is -1.29. The van der Waals surface area contributed by atoms with Crippen LogP contribution < -0.4 is 10.5 Å². The van der Waals surface area contributed by atoms with Gasteiger partial charge < -0.3 is 10.5 Å². The smallest absolute Gasteiger partial charge is 0.128 e. The molecule has 1 atom stereocenters. The number of nitrogens with zero attached hydrogens (tertiary/aromatic N) is 1. The second-order valence-corrected chi connectivity index (χ2v) is 5.78. The van der Waals surface area contributed by atoms with E-state index >= 15 is 0 Å². The molecule has 0 aliphatic carbocycles. The molecule has 3 nitrogen and oxygen atoms in total. The third-order valence-electron chi connectivity index (χ3n) is 3.54. The minimum Gasteiger partial charge on any atom is -0.496 e. The van der Waals surface area contributed by atoms with E-state index < -0.39 is 0 Å². The number of benzene rings is 1. The fourth-order valence-corrected chi connectivity index (χ4v) is 2.85. The highest BCUT2D eigenvalue weighted by atomic mass is 35.5. The predicted molar refractivity (Wildman–Crippen MR) is 87.4 cm³/mol. The van der Waals surface area contributed by atoms with Gasteiger partial charge in [0.05, 0.1) is 17.2 Å². The summed E-state index contributed by atoms with van der Waals surface area (Å²) in [6, 6.07) is 5.22. The van der Waals surface area contributed by atoms with E-state index in [0.29, 0.717) is 16.5 Å². The van der Waals surface area contributed by atoms with Gasteiger partial charge in [-0.1, -0.05) is 35.3 Å². The van der Waals surface area contributed by atoms with Crippen LogP contribution in [0.2, 0.25) is 10.0 Å². The topological polar surface area (TPSA) is 48.1 Å². The van der Waals surface area contributed by atoms with E-state index in [0.717, 1.165) is 28.1 Å². The number of aromatic nitrogens is 1. The molecular weight excluding hydrogens is 307 g/mol. The number of ether oxygens (including phenoxy) is 1. The highest BCUT2D eigenvalue weighted by Crippen LogP contribution is 2.32. The maximum atomic E-state index is 6.27. The van der Waals surface area contributed by atoms with Crippen molar-refractivity contribution in [2.24, 2.45) is 5.73 Å². The summed E-state index contributed by atoms with van der Waals surface area (Å²) >= 11 is 12.3. The van der Waals surface area contributed by atoms with E-state index in [4.69, 9.17) is 33.7 Å². The van der Waals surface area contributed by atoms with Gasteiger partial charge in [0.25, 0.3) is 0 Å². The van der Waals surface area contributed by atoms with E-state index in [1.165, 1.54) is 0 Å². The van der Waals surface area contributed by atoms with Crippen molar-refractivity contribution in [2.75, 3.05) is 7.11 Å². The summed E-state index contributed by atoms with van der Waals surface area (Å²) < 4.78 is 5.42. The van der Waals surface area contributed by atoms with E-state index in [-0.39, 0.29) is 6.04 Å². The van der Waals surface area contributed by atoms with Gasteiger partial charge in [0.15, 0.2) is 0 Å². The monoisotopic (exact) mass is 324 g/mol. The van der Waals surface area contributed by atoms with Crippen molar-refractivity contribution >= 4 is 23.2 Å². The Labute approximate surface area is 135 Å². The molecule has 1 aromatic heterocycles. The first-order chi connectivity index (χ1) is 9.95. The minimum atomic E-state index is -0.269. The SMILES string of the molecule is COc1c(C)cnc(CC(N)c2cccc(Cl)c2Cl)c1C. The Morgan fingerprint density at radius 2 is 2.00 bits per heavy atom. The van der Waals surface area contributed by atoms with Gasteiger partial charge in [-0.05, 0) is 25.5 Å². The summed E-state index contributed by atoms with van der Waals surface area (Å²) in [5.41, 5.74) is 10.0. The van der Waals surface area contributed by atoms with Crippen LogP contribution in [-0.2, 0) is 6.42 Å². The molecule has 0 saturated carbocycles. The van der Waals surface area contributed by atoms with Gasteiger partial charge in [-0.15, -0.1) is 0 Å². The van der Waals surface area contributed by atoms with E-state index in [2.05, 4.69) is 4.98 Å². The van der Waals surface area contributed by atoms with Gasteiger partial charge in [0, 0.05) is 35.5 Å². The molecule has 1 heterocycles. The zero-order valence-corrected chi connectivity index (χ0v) is 13.8. The normalized spacial score (nSPS) is 12.3. The third kappa shape index (κ3) is 3.31. The Balaban J connectivity index is 2.32. The summed E-state index contributed by atoms with van der Waals surface area (Å²) in [5.74, 6) is 0.851. The maximum Gasteiger partial charge on any atom is 0.128 e. The quantitative estimate of drug-likeness (QED) is 0.914. The van der Waals surface area contributed by atoms with Crippen LogP contribution >= 0.6 is 23.2 Å². The number of aryl methyl sites for hydroxylation is 1. The highest BCUT2D eigenvalue weighted by molar-refractivity contribution is 6.42. The molecule has 112 valence electrons. The maximum absolute atomic E-state index is 6.27. The molecule has 0 spiro atoms. The van der Waals surface area contributed by atoms with Crippen molar-refractivity contribution in [3.8, 4) is 5.75 Å². The van der Waals surface area contributed by atoms with Gasteiger partial charge in [-0.25, -0.2) is 0 Å². The lowest BCUT2D eigenvalue weighted by Gasteiger charge is -2.17. The van der Waals surface area contributed by atoms with Crippen LogP contribution in [0, 0.1) is 13.8 Å². The Kier molecular flexibility index (Phi) is 5.09. The Morgan fingerprint density at radius 1 is 1.29 bits per heavy atom. The summed E-state index contributed by atoms with van der Waals surface area (Å²) in [7, 11) is 1.66. The minimum absolute atomic E-state index is 0.269. The lowest BCUT2D eigenvalue weighted by atomic mass is 9.99. The van der Waals surface area contributed by atoms with Crippen molar-refractivity contribution in [1.82, 2.24) is 4.98 Å². The molecule has 5 heteroatoms. The number of hydrogen-bond donors (Lipinski definition) is 1. The molecule has 0 amide bonds. The zero-order chi connectivity index (χ0) is 15.6. The standard InChI is InChI=1S/C16H18Cl2N2O/c1-9-8-20-14(10(2)16(9)21-3)7-13(19)11-5-4-6-12(17)15(11)18/h4-6,8,13H,7,19H2,1-3H3. The summed E-state index contributed by atoms with van der Waals surface area (Å²) in [5, 5.41) is 1.01. The van der Waals surface area contributed by atoms with E-state index in [9.17, 15) is 0 Å². The molecule has 0 bridgehead atoms. The van der Waals surface area contributed by atoms with Crippen molar-refractivity contribution < 1.29 is 4.74 Å². The fourth-order valence-electron chi connectivity index (χ4n) is 2.40. The molecule has 0 aliphatic heterocycles. The van der Waals surface area contributed by atoms with Crippen LogP contribution in [0.1, 0.15) is 28.4 Å². The molecule has 2 aromatic rings. The molecule has 2 N–H and O–H groups in total. The van der Waals surface area contributed by atoms with Crippen LogP contribution in [0.3, 0.4) is 0 Å². The summed E-state index contributed by atoms with van der Waals surface area (Å²) in [4.78, 5) is 4.47. The van der Waals surface area contributed by atoms with E-state index in [1.54, 1.807) is 19.4 Å². The number of hydrogen-bond acceptors (Lipinski definition) is 3. The number of nitrogens with two attached hydrogens (primary N) is 1. The molecule has 0 radical (unpaired) electrons. The van der Waals surface area contributed by atoms with Gasteiger partial charge >= 0.3 is 0 Å². The molecule has 0 saturated heterocycles. The number of pyridine rings is 1. The summed E-state index contributed by atoms with van der Waals surface area (Å²) in [6.07, 6.45) is 2.37. The van der Waals surface area contributed by atoms with Crippen LogP contribution in [0.25, 0.3) is 0 Å². The molecule has 21 heavy (non-hydrogen) atoms. The lowest BCUT2D eigenvalue weighted by Crippen LogP contribution is -2.16. The summed E-state index contributed by atoms with van der Waals surface area (Å²) in [6.45, 7) is 3.96. The van der Waals surface area contributed by atoms with Gasteiger partial charge in [-0.3, -0.25) is 4.98 Å². The first-order valence-corrected chi connectivity index (χ1v) is 7.39. The zero-order valence-electron chi connectivity index (χ0n) is 12.3. The van der Waals surface area contributed by atoms with Crippen molar-refractivity contribution in [2.45, 2.75) is 26.3 Å². The average molecular weight is 325 g/mol. The van der Waals surface area contributed by atoms with Gasteiger partial charge in [0.2, 0.25) is 0 Å².